The molecule has 40 heavy (non-hydrogen) atoms. The van der Waals surface area contributed by atoms with Crippen LogP contribution in [0.15, 0.2) is 54.6 Å². The molecule has 0 saturated carbocycles. The Bertz CT molecular complexity index is 1180. The summed E-state index contributed by atoms with van der Waals surface area (Å²) in [5.41, 5.74) is 12.0. The van der Waals surface area contributed by atoms with Gasteiger partial charge in [0.2, 0.25) is 0 Å². The van der Waals surface area contributed by atoms with E-state index in [0.29, 0.717) is 5.75 Å². The van der Waals surface area contributed by atoms with Crippen molar-refractivity contribution in [3.8, 4) is 0 Å². The van der Waals surface area contributed by atoms with Gasteiger partial charge in [0.25, 0.3) is 0 Å². The first kappa shape index (κ1) is 34.9. The molecule has 0 aliphatic carbocycles. The molecular formula is C31H41Cl2N3OPRuS-. The molecule has 0 bridgehead atoms. The Kier molecular flexibility index (Phi) is 15.4. The average Bonchev–Trinajstić information content (AvgIpc) is 3.34. The molecule has 0 radical (unpaired) electrons. The van der Waals surface area contributed by atoms with Crippen LogP contribution >= 0.6 is 41.4 Å². The first-order valence-corrected chi connectivity index (χ1v) is 19.6. The van der Waals surface area contributed by atoms with Crippen molar-refractivity contribution in [3.63, 3.8) is 0 Å². The molecule has 3 aromatic rings. The normalized spacial score (nSPS) is 13.5. The van der Waals surface area contributed by atoms with Crippen molar-refractivity contribution in [1.29, 1.82) is 0 Å². The Morgan fingerprint density at radius 1 is 0.900 bits per heavy atom. The number of hydrogen-bond donors (Lipinski definition) is 2. The molecule has 1 aliphatic rings. The predicted octanol–water partition coefficient (Wildman–Crippen LogP) is 7.61. The van der Waals surface area contributed by atoms with Gasteiger partial charge in [0.15, 0.2) is 0 Å². The Morgan fingerprint density at radius 3 is 1.62 bits per heavy atom. The molecule has 1 N–H and O–H groups in total. The third kappa shape index (κ3) is 10.9. The molecule has 1 saturated heterocycles. The molecule has 3 aromatic carbocycles. The molecule has 9 heteroatoms. The number of carbonyl (C=O) groups excluding carboxylic acids is 1. The Labute approximate surface area is 262 Å². The second kappa shape index (κ2) is 17.6. The van der Waals surface area contributed by atoms with E-state index in [1.54, 1.807) is 0 Å². The van der Waals surface area contributed by atoms with Crippen molar-refractivity contribution in [2.24, 2.45) is 0 Å². The number of nitrogens with one attached hydrogen (secondary N) is 1. The van der Waals surface area contributed by atoms with Gasteiger partial charge >= 0.3 is 73.4 Å². The van der Waals surface area contributed by atoms with Crippen molar-refractivity contribution >= 4 is 63.7 Å². The molecule has 0 spiro atoms. The van der Waals surface area contributed by atoms with Gasteiger partial charge in [-0.3, -0.25) is 5.09 Å². The van der Waals surface area contributed by atoms with Crippen molar-refractivity contribution < 1.29 is 18.3 Å². The Balaban J connectivity index is 0.000000271. The summed E-state index contributed by atoms with van der Waals surface area (Å²) in [5, 5.41) is 2.67. The van der Waals surface area contributed by atoms with Crippen molar-refractivity contribution in [2.75, 3.05) is 28.6 Å². The van der Waals surface area contributed by atoms with Crippen molar-refractivity contribution in [1.82, 2.24) is 5.09 Å². The van der Waals surface area contributed by atoms with Crippen LogP contribution in [0.3, 0.4) is 0 Å². The fourth-order valence-electron chi connectivity index (χ4n) is 4.83. The molecule has 0 amide bonds. The van der Waals surface area contributed by atoms with Crippen LogP contribution in [0.4, 0.5) is 11.4 Å². The van der Waals surface area contributed by atoms with Gasteiger partial charge in [-0.15, -0.1) is 0 Å². The quantitative estimate of drug-likeness (QED) is 0.0911. The molecule has 1 heterocycles. The summed E-state index contributed by atoms with van der Waals surface area (Å²) < 4.78 is 1.92. The molecular weight excluding hydrogens is 665 g/mol. The number of carbonyl (C=O) groups is 1. The third-order valence-corrected chi connectivity index (χ3v) is 8.97. The van der Waals surface area contributed by atoms with E-state index in [-0.39, 0.29) is 6.04 Å². The number of aldehydes is 1. The minimum atomic E-state index is -1.61. The number of nitrogens with zero attached hydrogens (tertiary/aromatic N) is 2. The van der Waals surface area contributed by atoms with Crippen LogP contribution in [0.25, 0.3) is 0 Å². The van der Waals surface area contributed by atoms with Gasteiger partial charge in [0, 0.05) is 30.2 Å². The number of benzene rings is 3. The van der Waals surface area contributed by atoms with Gasteiger partial charge in [-0.2, -0.15) is 19.3 Å². The number of thiol groups is 1. The summed E-state index contributed by atoms with van der Waals surface area (Å²) >= 11 is 2.25. The van der Waals surface area contributed by atoms with Gasteiger partial charge in [-0.05, 0) is 63.8 Å². The monoisotopic (exact) mass is 706 g/mol. The zero-order valence-corrected chi connectivity index (χ0v) is 29.4. The number of halogens is 2. The molecule has 4 nitrogen and oxygen atoms in total. The summed E-state index contributed by atoms with van der Waals surface area (Å²) in [6.07, 6.45) is 0.819. The first-order chi connectivity index (χ1) is 19.0. The number of anilines is 2. The minimum absolute atomic E-state index is 0.117. The molecule has 0 aromatic heterocycles. The van der Waals surface area contributed by atoms with Crippen LogP contribution < -0.4 is 14.9 Å². The predicted molar refractivity (Wildman–Crippen MR) is 180 cm³/mol. The van der Waals surface area contributed by atoms with Gasteiger partial charge in [-0.1, -0.05) is 44.8 Å². The molecule has 2 atom stereocenters. The molecule has 4 rings (SSSR count). The van der Waals surface area contributed by atoms with Gasteiger partial charge < -0.3 is 14.6 Å². The van der Waals surface area contributed by atoms with Crippen LogP contribution in [0.5, 0.6) is 0 Å². The topological polar surface area (TPSA) is 35.6 Å². The molecule has 1 unspecified atom stereocenters. The summed E-state index contributed by atoms with van der Waals surface area (Å²) in [5.74, 6) is 0.549. The molecule has 1 aliphatic heterocycles. The maximum absolute atomic E-state index is 9.84. The number of aryl methyl sites for hydroxylation is 6. The average molecular weight is 707 g/mol. The SMILES string of the molecule is Cc1cc(C)c(N2[CH-]N(c3c(C)cc(C)cc3C)CC2)c(C)c1.O=C[C@H](CS)NP.[Cl][Ru]([Cl])=[CH]c1ccccc1. The summed E-state index contributed by atoms with van der Waals surface area (Å²) in [7, 11) is 13.6. The van der Waals surface area contributed by atoms with Crippen LogP contribution in [0.2, 0.25) is 0 Å². The summed E-state index contributed by atoms with van der Waals surface area (Å²) in [6.45, 7) is 17.6. The van der Waals surface area contributed by atoms with Crippen LogP contribution in [0.1, 0.15) is 38.9 Å². The second-order valence-corrected chi connectivity index (χ2v) is 16.2. The van der Waals surface area contributed by atoms with E-state index in [1.165, 1.54) is 44.8 Å². The fraction of sp³-hybridized carbons (Fsp3) is 0.323. The van der Waals surface area contributed by atoms with Crippen LogP contribution in [-0.2, 0) is 18.3 Å². The molecule has 220 valence electrons. The first-order valence-electron chi connectivity index (χ1n) is 12.9. The van der Waals surface area contributed by atoms with E-state index in [2.05, 4.69) is 109 Å². The summed E-state index contributed by atoms with van der Waals surface area (Å²) in [4.78, 5) is 14.7. The van der Waals surface area contributed by atoms with Crippen LogP contribution in [0, 0.1) is 48.2 Å². The van der Waals surface area contributed by atoms with E-state index < -0.39 is 13.5 Å². The Morgan fingerprint density at radius 2 is 1.32 bits per heavy atom. The van der Waals surface area contributed by atoms with Crippen molar-refractivity contribution in [2.45, 2.75) is 47.6 Å². The molecule has 1 fully saturated rings. The zero-order valence-electron chi connectivity index (χ0n) is 24.1. The number of hydrogen-bond acceptors (Lipinski definition) is 5. The maximum atomic E-state index is 9.84. The van der Waals surface area contributed by atoms with E-state index in [0.717, 1.165) is 24.9 Å². The van der Waals surface area contributed by atoms with Gasteiger partial charge in [0.1, 0.15) is 6.29 Å². The van der Waals surface area contributed by atoms with E-state index >= 15 is 0 Å². The fourth-order valence-corrected chi connectivity index (χ4v) is 7.25. The third-order valence-electron chi connectivity index (χ3n) is 6.28. The summed E-state index contributed by atoms with van der Waals surface area (Å²) in [6, 6.07) is 18.9. The number of rotatable bonds is 6. The van der Waals surface area contributed by atoms with Gasteiger partial charge in [0.05, 0.1) is 6.04 Å². The van der Waals surface area contributed by atoms with Gasteiger partial charge in [-0.25, -0.2) is 0 Å². The zero-order chi connectivity index (χ0) is 29.8. The van der Waals surface area contributed by atoms with Crippen LogP contribution in [-0.4, -0.2) is 35.8 Å². The Hall–Kier alpha value is -1.26. The van der Waals surface area contributed by atoms with E-state index in [9.17, 15) is 4.79 Å². The standard InChI is InChI=1S/C21H27N2.C7H6.C3H8NOPS.2ClH.Ru/c1-14-9-16(3)20(17(4)10-14)22-7-8-23(13-22)21-18(5)11-15(2)12-19(21)6;1-7-5-3-2-4-6-7;5-1-3(2-7)4-6;;;/h9-13H,7-8H2,1-6H3;1-6H;1,3-4,7H,2,6H2;2*1H;/q-1;;;;;+2/p-2/t;;3-;;;/m..1.../s1. The second-order valence-electron chi connectivity index (χ2n) is 9.81. The van der Waals surface area contributed by atoms with Crippen molar-refractivity contribution in [3.05, 3.63) is 100 Å². The van der Waals surface area contributed by atoms with E-state index in [1.807, 2.05) is 34.9 Å². The van der Waals surface area contributed by atoms with E-state index in [4.69, 9.17) is 19.4 Å².